The van der Waals surface area contributed by atoms with E-state index in [9.17, 15) is 37.1 Å². The summed E-state index contributed by atoms with van der Waals surface area (Å²) in [6.07, 6.45) is -5.07. The topological polar surface area (TPSA) is 86.7 Å². The molecule has 142 valence electrons. The first kappa shape index (κ1) is 20.0. The number of aliphatic carboxylic acids is 1. The van der Waals surface area contributed by atoms with Crippen LogP contribution in [0.25, 0.3) is 0 Å². The van der Waals surface area contributed by atoms with Gasteiger partial charge in [0.25, 0.3) is 0 Å². The molecule has 1 aliphatic rings. The van der Waals surface area contributed by atoms with E-state index in [2.05, 4.69) is 5.32 Å². The fraction of sp³-hybridized carbons (Fsp3) is 0.400. The van der Waals surface area contributed by atoms with Crippen LogP contribution in [-0.2, 0) is 14.4 Å². The minimum absolute atomic E-state index is 0.107. The Morgan fingerprint density at radius 1 is 1.38 bits per heavy atom. The lowest BCUT2D eigenvalue weighted by Crippen LogP contribution is -2.40. The van der Waals surface area contributed by atoms with Crippen molar-refractivity contribution >= 4 is 29.4 Å². The van der Waals surface area contributed by atoms with E-state index >= 15 is 0 Å². The average molecular weight is 397 g/mol. The molecule has 1 aromatic rings. The van der Waals surface area contributed by atoms with E-state index in [4.69, 9.17) is 11.6 Å². The Morgan fingerprint density at radius 3 is 2.58 bits per heavy atom. The van der Waals surface area contributed by atoms with Gasteiger partial charge >= 0.3 is 12.1 Å². The summed E-state index contributed by atoms with van der Waals surface area (Å²) >= 11 is 5.51. The van der Waals surface area contributed by atoms with Crippen molar-refractivity contribution in [1.29, 1.82) is 0 Å². The molecule has 26 heavy (non-hydrogen) atoms. The fourth-order valence-corrected chi connectivity index (χ4v) is 2.67. The molecule has 1 fully saturated rings. The summed E-state index contributed by atoms with van der Waals surface area (Å²) in [4.78, 5) is 35.6. The number of amides is 2. The van der Waals surface area contributed by atoms with Gasteiger partial charge in [-0.15, -0.1) is 0 Å². The Morgan fingerprint density at radius 2 is 2.04 bits per heavy atom. The maximum absolute atomic E-state index is 13.5. The highest BCUT2D eigenvalue weighted by atomic mass is 35.5. The second-order valence-electron chi connectivity index (χ2n) is 5.74. The number of halogens is 5. The van der Waals surface area contributed by atoms with Crippen molar-refractivity contribution in [2.75, 3.05) is 13.1 Å². The van der Waals surface area contributed by atoms with E-state index in [-0.39, 0.29) is 10.6 Å². The number of likely N-dealkylation sites (tertiary alicyclic amines) is 1. The molecule has 2 atom stereocenters. The minimum atomic E-state index is -4.61. The van der Waals surface area contributed by atoms with E-state index in [1.807, 2.05) is 0 Å². The Hall–Kier alpha value is -2.36. The second kappa shape index (κ2) is 7.48. The van der Waals surface area contributed by atoms with Gasteiger partial charge in [0.05, 0.1) is 10.9 Å². The second-order valence-corrected chi connectivity index (χ2v) is 6.15. The van der Waals surface area contributed by atoms with Crippen molar-refractivity contribution in [2.24, 2.45) is 5.92 Å². The van der Waals surface area contributed by atoms with Gasteiger partial charge in [0.2, 0.25) is 11.8 Å². The quantitative estimate of drug-likeness (QED) is 0.747. The molecular weight excluding hydrogens is 384 g/mol. The number of hydrogen-bond donors (Lipinski definition) is 2. The van der Waals surface area contributed by atoms with Gasteiger partial charge in [-0.05, 0) is 17.7 Å². The molecule has 0 bridgehead atoms. The molecule has 0 radical (unpaired) electrons. The lowest BCUT2D eigenvalue weighted by Gasteiger charge is -2.20. The van der Waals surface area contributed by atoms with Gasteiger partial charge in [0, 0.05) is 13.0 Å². The van der Waals surface area contributed by atoms with Crippen molar-refractivity contribution in [2.45, 2.75) is 18.6 Å². The fourth-order valence-electron chi connectivity index (χ4n) is 2.56. The Labute approximate surface area is 149 Å². The smallest absolute Gasteiger partial charge is 0.406 e. The van der Waals surface area contributed by atoms with Crippen LogP contribution in [0.3, 0.4) is 0 Å². The van der Waals surface area contributed by atoms with Crippen LogP contribution in [0.1, 0.15) is 18.0 Å². The van der Waals surface area contributed by atoms with Crippen LogP contribution in [0.2, 0.25) is 5.02 Å². The number of nitrogens with zero attached hydrogens (tertiary/aromatic N) is 1. The van der Waals surface area contributed by atoms with Gasteiger partial charge in [-0.2, -0.15) is 13.2 Å². The molecule has 1 aromatic carbocycles. The number of nitrogens with one attached hydrogen (secondary N) is 1. The molecule has 2 N–H and O–H groups in total. The third-order valence-corrected chi connectivity index (χ3v) is 4.07. The summed E-state index contributed by atoms with van der Waals surface area (Å²) in [6.45, 7) is -1.97. The number of carbonyl (C=O) groups is 3. The van der Waals surface area contributed by atoms with Gasteiger partial charge in [0.15, 0.2) is 6.04 Å². The van der Waals surface area contributed by atoms with Crippen molar-refractivity contribution in [3.63, 3.8) is 0 Å². The number of rotatable bonds is 5. The summed E-state index contributed by atoms with van der Waals surface area (Å²) in [7, 11) is 0. The molecule has 1 aliphatic heterocycles. The third-order valence-electron chi connectivity index (χ3n) is 3.77. The van der Waals surface area contributed by atoms with E-state index in [0.29, 0.717) is 4.90 Å². The Balaban J connectivity index is 2.10. The van der Waals surface area contributed by atoms with E-state index < -0.39 is 61.2 Å². The minimum Gasteiger partial charge on any atom is -0.479 e. The predicted molar refractivity (Wildman–Crippen MR) is 80.7 cm³/mol. The predicted octanol–water partition coefficient (Wildman–Crippen LogP) is 2.13. The van der Waals surface area contributed by atoms with Crippen molar-refractivity contribution in [3.8, 4) is 0 Å². The molecule has 2 unspecified atom stereocenters. The van der Waals surface area contributed by atoms with Crippen molar-refractivity contribution < 1.29 is 37.1 Å². The molecule has 0 spiro atoms. The molecule has 1 heterocycles. The highest BCUT2D eigenvalue weighted by molar-refractivity contribution is 6.30. The molecular formula is C15H13ClF4N2O4. The van der Waals surface area contributed by atoms with Crippen LogP contribution in [0.4, 0.5) is 17.6 Å². The van der Waals surface area contributed by atoms with E-state index in [1.165, 1.54) is 6.07 Å². The zero-order valence-corrected chi connectivity index (χ0v) is 13.8. The highest BCUT2D eigenvalue weighted by Crippen LogP contribution is 2.25. The summed E-state index contributed by atoms with van der Waals surface area (Å²) in [5.74, 6) is -5.30. The number of alkyl halides is 3. The van der Waals surface area contributed by atoms with Gasteiger partial charge in [-0.3, -0.25) is 9.59 Å². The van der Waals surface area contributed by atoms with Crippen LogP contribution >= 0.6 is 11.6 Å². The standard InChI is InChI=1S/C15H13ClF4N2O4/c16-9-2-1-7(3-10(9)17)12(14(25)26)21-13(24)8-4-11(23)22(5-8)6-15(18,19)20/h1-3,8,12H,4-6H2,(H,21,24)(H,25,26). The third kappa shape index (κ3) is 4.84. The molecule has 0 aromatic heterocycles. The van der Waals surface area contributed by atoms with Gasteiger partial charge in [-0.25, -0.2) is 9.18 Å². The maximum Gasteiger partial charge on any atom is 0.406 e. The first-order valence-electron chi connectivity index (χ1n) is 7.30. The van der Waals surface area contributed by atoms with Crippen LogP contribution in [0.5, 0.6) is 0 Å². The van der Waals surface area contributed by atoms with Crippen LogP contribution in [0.15, 0.2) is 18.2 Å². The number of carboxylic acid groups (broad SMARTS) is 1. The number of hydrogen-bond acceptors (Lipinski definition) is 3. The number of carboxylic acids is 1. The van der Waals surface area contributed by atoms with Crippen LogP contribution in [-0.4, -0.2) is 47.1 Å². The molecule has 0 saturated carbocycles. The van der Waals surface area contributed by atoms with Crippen LogP contribution < -0.4 is 5.32 Å². The van der Waals surface area contributed by atoms with Crippen molar-refractivity contribution in [3.05, 3.63) is 34.6 Å². The van der Waals surface area contributed by atoms with Gasteiger partial charge in [-0.1, -0.05) is 17.7 Å². The largest absolute Gasteiger partial charge is 0.479 e. The van der Waals surface area contributed by atoms with E-state index in [1.54, 1.807) is 0 Å². The zero-order chi connectivity index (χ0) is 19.6. The molecule has 11 heteroatoms. The molecule has 0 aliphatic carbocycles. The Kier molecular flexibility index (Phi) is 5.74. The van der Waals surface area contributed by atoms with Gasteiger partial charge < -0.3 is 15.3 Å². The average Bonchev–Trinajstić information content (AvgIpc) is 2.86. The van der Waals surface area contributed by atoms with Crippen LogP contribution in [0, 0.1) is 11.7 Å². The molecule has 2 rings (SSSR count). The first-order valence-corrected chi connectivity index (χ1v) is 7.68. The summed E-state index contributed by atoms with van der Waals surface area (Å²) < 4.78 is 50.7. The SMILES string of the molecule is O=C(NC(C(=O)O)c1ccc(Cl)c(F)c1)C1CC(=O)N(CC(F)(F)F)C1. The lowest BCUT2D eigenvalue weighted by molar-refractivity contribution is -0.157. The molecule has 1 saturated heterocycles. The van der Waals surface area contributed by atoms with Gasteiger partial charge in [0.1, 0.15) is 12.4 Å². The molecule has 6 nitrogen and oxygen atoms in total. The van der Waals surface area contributed by atoms with E-state index in [0.717, 1.165) is 12.1 Å². The Bertz CT molecular complexity index is 741. The zero-order valence-electron chi connectivity index (χ0n) is 13.0. The number of benzene rings is 1. The number of carbonyl (C=O) groups excluding carboxylic acids is 2. The first-order chi connectivity index (χ1) is 12.0. The maximum atomic E-state index is 13.5. The normalized spacial score (nSPS) is 18.7. The lowest BCUT2D eigenvalue weighted by atomic mass is 10.0. The van der Waals surface area contributed by atoms with Crippen molar-refractivity contribution in [1.82, 2.24) is 10.2 Å². The summed E-state index contributed by atoms with van der Waals surface area (Å²) in [5, 5.41) is 11.1. The highest BCUT2D eigenvalue weighted by Gasteiger charge is 2.41. The summed E-state index contributed by atoms with van der Waals surface area (Å²) in [6, 6.07) is 1.50. The monoisotopic (exact) mass is 396 g/mol. The molecule has 2 amide bonds. The summed E-state index contributed by atoms with van der Waals surface area (Å²) in [5.41, 5.74) is -0.107.